The topological polar surface area (TPSA) is 26.3 Å². The van der Waals surface area contributed by atoms with Crippen molar-refractivity contribution in [3.8, 4) is 0 Å². The summed E-state index contributed by atoms with van der Waals surface area (Å²) in [6.07, 6.45) is -6.12. The van der Waals surface area contributed by atoms with Gasteiger partial charge in [-0.25, -0.2) is 0 Å². The van der Waals surface area contributed by atoms with E-state index in [1.54, 1.807) is 0 Å². The van der Waals surface area contributed by atoms with Crippen LogP contribution in [0.25, 0.3) is 0 Å². The Morgan fingerprint density at radius 2 is 1.56 bits per heavy atom. The molecular formula is C9H9F7O2. The van der Waals surface area contributed by atoms with Gasteiger partial charge in [-0.2, -0.15) is 30.7 Å². The van der Waals surface area contributed by atoms with Crippen molar-refractivity contribution in [2.75, 3.05) is 6.61 Å². The number of carbonyl (C=O) groups excluding carboxylic acids is 1. The highest BCUT2D eigenvalue weighted by molar-refractivity contribution is 6.00. The molecule has 0 heterocycles. The van der Waals surface area contributed by atoms with Crippen molar-refractivity contribution in [3.05, 3.63) is 11.8 Å². The fourth-order valence-electron chi connectivity index (χ4n) is 0.830. The van der Waals surface area contributed by atoms with Gasteiger partial charge in [-0.05, 0) is 13.8 Å². The molecule has 0 atom stereocenters. The molecule has 18 heavy (non-hydrogen) atoms. The van der Waals surface area contributed by atoms with Crippen LogP contribution in [0.5, 0.6) is 0 Å². The van der Waals surface area contributed by atoms with E-state index in [4.69, 9.17) is 0 Å². The molecule has 2 nitrogen and oxygen atoms in total. The van der Waals surface area contributed by atoms with Crippen molar-refractivity contribution < 1.29 is 40.3 Å². The highest BCUT2D eigenvalue weighted by atomic mass is 19.4. The van der Waals surface area contributed by atoms with Gasteiger partial charge >= 0.3 is 18.0 Å². The van der Waals surface area contributed by atoms with Gasteiger partial charge in [0.15, 0.2) is 0 Å². The Hall–Kier alpha value is -1.28. The van der Waals surface area contributed by atoms with Crippen molar-refractivity contribution >= 4 is 5.78 Å². The molecule has 0 aromatic rings. The first-order valence-electron chi connectivity index (χ1n) is 4.55. The molecule has 0 saturated carbocycles. The Morgan fingerprint density at radius 1 is 1.11 bits per heavy atom. The molecule has 0 aromatic carbocycles. The molecule has 0 unspecified atom stereocenters. The van der Waals surface area contributed by atoms with Crippen LogP contribution in [0, 0.1) is 0 Å². The second kappa shape index (κ2) is 5.15. The summed E-state index contributed by atoms with van der Waals surface area (Å²) in [6.45, 7) is 1.99. The second-order valence-corrected chi connectivity index (χ2v) is 3.23. The van der Waals surface area contributed by atoms with Gasteiger partial charge in [-0.3, -0.25) is 4.79 Å². The molecular weight excluding hydrogens is 273 g/mol. The minimum Gasteiger partial charge on any atom is -0.501 e. The van der Waals surface area contributed by atoms with Gasteiger partial charge in [0.2, 0.25) is 5.78 Å². The lowest BCUT2D eigenvalue weighted by atomic mass is 10.0. The van der Waals surface area contributed by atoms with Gasteiger partial charge in [0, 0.05) is 5.57 Å². The van der Waals surface area contributed by atoms with Gasteiger partial charge in [-0.1, -0.05) is 0 Å². The molecule has 106 valence electrons. The Morgan fingerprint density at radius 3 is 1.89 bits per heavy atom. The maximum absolute atomic E-state index is 12.9. The molecule has 0 N–H and O–H groups in total. The summed E-state index contributed by atoms with van der Waals surface area (Å²) in [4.78, 5) is 10.9. The van der Waals surface area contributed by atoms with Gasteiger partial charge in [0.1, 0.15) is 0 Å². The number of ketones is 1. The minimum absolute atomic E-state index is 0.0636. The largest absolute Gasteiger partial charge is 0.501 e. The summed E-state index contributed by atoms with van der Waals surface area (Å²) in [5.74, 6) is -15.0. The van der Waals surface area contributed by atoms with E-state index in [0.29, 0.717) is 13.2 Å². The van der Waals surface area contributed by atoms with Crippen LogP contribution in [-0.4, -0.2) is 30.4 Å². The lowest BCUT2D eigenvalue weighted by molar-refractivity contribution is -0.342. The zero-order chi connectivity index (χ0) is 14.8. The van der Waals surface area contributed by atoms with E-state index in [1.165, 1.54) is 6.92 Å². The van der Waals surface area contributed by atoms with Gasteiger partial charge in [0.25, 0.3) is 0 Å². The van der Waals surface area contributed by atoms with E-state index in [2.05, 4.69) is 4.74 Å². The number of hydrogen-bond donors (Lipinski definition) is 0. The fraction of sp³-hybridized carbons (Fsp3) is 0.667. The highest BCUT2D eigenvalue weighted by Gasteiger charge is 2.76. The summed E-state index contributed by atoms with van der Waals surface area (Å²) >= 11 is 0. The number of hydrogen-bond acceptors (Lipinski definition) is 2. The molecule has 0 fully saturated rings. The third-order valence-electron chi connectivity index (χ3n) is 1.82. The van der Waals surface area contributed by atoms with Crippen LogP contribution in [0.4, 0.5) is 30.7 Å². The average molecular weight is 282 g/mol. The number of rotatable bonds is 5. The van der Waals surface area contributed by atoms with Gasteiger partial charge in [0.05, 0.1) is 12.9 Å². The summed E-state index contributed by atoms with van der Waals surface area (Å²) in [5.41, 5.74) is -1.04. The number of carbonyl (C=O) groups is 1. The van der Waals surface area contributed by atoms with E-state index in [-0.39, 0.29) is 6.61 Å². The van der Waals surface area contributed by atoms with E-state index in [0.717, 1.165) is 0 Å². The predicted octanol–water partition coefficient (Wildman–Crippen LogP) is 3.33. The highest BCUT2D eigenvalue weighted by Crippen LogP contribution is 2.47. The van der Waals surface area contributed by atoms with Crippen LogP contribution in [0.2, 0.25) is 0 Å². The van der Waals surface area contributed by atoms with Crippen LogP contribution < -0.4 is 0 Å². The van der Waals surface area contributed by atoms with E-state index < -0.39 is 29.4 Å². The van der Waals surface area contributed by atoms with Crippen molar-refractivity contribution in [2.45, 2.75) is 31.9 Å². The lowest BCUT2D eigenvalue weighted by Crippen LogP contribution is -2.56. The van der Waals surface area contributed by atoms with Crippen LogP contribution in [0.15, 0.2) is 11.8 Å². The maximum atomic E-state index is 12.9. The van der Waals surface area contributed by atoms with E-state index in [9.17, 15) is 35.5 Å². The SMILES string of the molecule is CCO/C=C(\C)C(=O)C(F)(F)C(F)(F)C(F)(F)F. The third-order valence-corrected chi connectivity index (χ3v) is 1.82. The molecule has 0 aliphatic carbocycles. The molecule has 0 aliphatic heterocycles. The Kier molecular flexibility index (Phi) is 4.78. The molecule has 0 radical (unpaired) electrons. The van der Waals surface area contributed by atoms with Crippen molar-refractivity contribution in [1.29, 1.82) is 0 Å². The molecule has 0 aromatic heterocycles. The normalized spacial score (nSPS) is 14.6. The Balaban J connectivity index is 5.34. The Bertz CT molecular complexity index is 343. The van der Waals surface area contributed by atoms with Crippen LogP contribution in [0.3, 0.4) is 0 Å². The molecule has 0 spiro atoms. The summed E-state index contributed by atoms with van der Waals surface area (Å²) in [6, 6.07) is 0. The standard InChI is InChI=1S/C9H9F7O2/c1-3-18-4-5(2)6(17)7(10,11)8(12,13)9(14,15)16/h4H,3H2,1-2H3/b5-4+. The zero-order valence-electron chi connectivity index (χ0n) is 9.25. The van der Waals surface area contributed by atoms with Crippen LogP contribution in [-0.2, 0) is 9.53 Å². The first-order valence-corrected chi connectivity index (χ1v) is 4.55. The third kappa shape index (κ3) is 2.94. The van der Waals surface area contributed by atoms with Crippen LogP contribution in [0.1, 0.15) is 13.8 Å². The number of ether oxygens (including phenoxy) is 1. The fourth-order valence-corrected chi connectivity index (χ4v) is 0.830. The second-order valence-electron chi connectivity index (χ2n) is 3.23. The van der Waals surface area contributed by atoms with Gasteiger partial charge in [-0.15, -0.1) is 0 Å². The first-order chi connectivity index (χ1) is 7.89. The maximum Gasteiger partial charge on any atom is 0.460 e. The predicted molar refractivity (Wildman–Crippen MR) is 46.3 cm³/mol. The van der Waals surface area contributed by atoms with Crippen LogP contribution >= 0.6 is 0 Å². The molecule has 0 amide bonds. The van der Waals surface area contributed by atoms with Crippen molar-refractivity contribution in [2.24, 2.45) is 0 Å². The summed E-state index contributed by atoms with van der Waals surface area (Å²) in [7, 11) is 0. The van der Waals surface area contributed by atoms with Gasteiger partial charge < -0.3 is 4.74 Å². The molecule has 9 heteroatoms. The van der Waals surface area contributed by atoms with E-state index in [1.807, 2.05) is 0 Å². The quantitative estimate of drug-likeness (QED) is 0.439. The number of Topliss-reactive ketones (excluding diaryl/α,β-unsaturated/α-hetero) is 1. The molecule has 0 saturated heterocycles. The van der Waals surface area contributed by atoms with E-state index >= 15 is 0 Å². The monoisotopic (exact) mass is 282 g/mol. The molecule has 0 bridgehead atoms. The smallest absolute Gasteiger partial charge is 0.460 e. The average Bonchev–Trinajstić information content (AvgIpc) is 2.22. The lowest BCUT2D eigenvalue weighted by Gasteiger charge is -2.27. The summed E-state index contributed by atoms with van der Waals surface area (Å²) in [5, 5.41) is 0. The molecule has 0 aliphatic rings. The summed E-state index contributed by atoms with van der Waals surface area (Å²) < 4.78 is 90.3. The minimum atomic E-state index is -6.53. The van der Waals surface area contributed by atoms with Crippen molar-refractivity contribution in [3.63, 3.8) is 0 Å². The van der Waals surface area contributed by atoms with Crippen molar-refractivity contribution in [1.82, 2.24) is 0 Å². The Labute approximate surface area is 97.4 Å². The molecule has 0 rings (SSSR count). The number of alkyl halides is 7. The zero-order valence-corrected chi connectivity index (χ0v) is 9.25. The number of halogens is 7. The first kappa shape index (κ1) is 16.7. The number of allylic oxidation sites excluding steroid dienone is 1.